The van der Waals surface area contributed by atoms with Crippen molar-refractivity contribution in [1.29, 1.82) is 0 Å². The van der Waals surface area contributed by atoms with E-state index in [0.717, 1.165) is 17.7 Å². The second-order valence-corrected chi connectivity index (χ2v) is 6.87. The zero-order valence-electron chi connectivity index (χ0n) is 15.7. The monoisotopic (exact) mass is 429 g/mol. The van der Waals surface area contributed by atoms with Crippen molar-refractivity contribution in [3.05, 3.63) is 60.2 Å². The van der Waals surface area contributed by atoms with E-state index in [0.29, 0.717) is 18.8 Å². The van der Waals surface area contributed by atoms with E-state index in [1.807, 2.05) is 35.2 Å². The number of alkyl halides is 3. The van der Waals surface area contributed by atoms with E-state index in [-0.39, 0.29) is 36.0 Å². The Morgan fingerprint density at radius 1 is 1.14 bits per heavy atom. The number of amides is 1. The molecule has 5 nitrogen and oxygen atoms in total. The van der Waals surface area contributed by atoms with Crippen LogP contribution in [0.1, 0.15) is 18.4 Å². The van der Waals surface area contributed by atoms with Gasteiger partial charge in [0.05, 0.1) is 6.04 Å². The van der Waals surface area contributed by atoms with Gasteiger partial charge in [-0.15, -0.1) is 25.6 Å². The van der Waals surface area contributed by atoms with Gasteiger partial charge in [0.1, 0.15) is 5.75 Å². The van der Waals surface area contributed by atoms with Gasteiger partial charge in [0.2, 0.25) is 5.91 Å². The molecule has 0 bridgehead atoms. The molecule has 0 radical (unpaired) electrons. The fraction of sp³-hybridized carbons (Fsp3) is 0.350. The van der Waals surface area contributed by atoms with Crippen LogP contribution in [0.4, 0.5) is 18.9 Å². The second-order valence-electron chi connectivity index (χ2n) is 6.87. The Balaban J connectivity index is 0.00000300. The Labute approximate surface area is 173 Å². The Morgan fingerprint density at radius 2 is 1.76 bits per heavy atom. The molecule has 2 aromatic carbocycles. The maximum atomic E-state index is 12.6. The Bertz CT molecular complexity index is 803. The number of nitrogens with zero attached hydrogens (tertiary/aromatic N) is 1. The summed E-state index contributed by atoms with van der Waals surface area (Å²) < 4.78 is 40.4. The number of likely N-dealkylation sites (tertiary alicyclic amines) is 1. The fourth-order valence-electron chi connectivity index (χ4n) is 3.38. The van der Waals surface area contributed by atoms with Crippen LogP contribution >= 0.6 is 12.4 Å². The standard InChI is InChI=1S/C20H22F3N3O2.ClH/c1-13(26-11-17(18(24)12-26)14-5-3-2-4-6-14)19(27)25-15-7-9-16(10-8-15)28-20(21,22)23;/h2-10,13,17-18H,11-12,24H2,1H3,(H,25,27);1H/t13?,17-,18+;/m0./s1. The van der Waals surface area contributed by atoms with E-state index < -0.39 is 12.4 Å². The average Bonchev–Trinajstić information content (AvgIpc) is 3.04. The van der Waals surface area contributed by atoms with Crippen molar-refractivity contribution in [3.8, 4) is 5.75 Å². The molecule has 1 saturated heterocycles. The van der Waals surface area contributed by atoms with Crippen LogP contribution in [0.25, 0.3) is 0 Å². The van der Waals surface area contributed by atoms with E-state index in [1.54, 1.807) is 6.92 Å². The molecule has 0 saturated carbocycles. The highest BCUT2D eigenvalue weighted by Gasteiger charge is 2.35. The first kappa shape index (κ1) is 23.0. The molecule has 1 unspecified atom stereocenters. The van der Waals surface area contributed by atoms with Crippen molar-refractivity contribution in [2.45, 2.75) is 31.3 Å². The summed E-state index contributed by atoms with van der Waals surface area (Å²) in [4.78, 5) is 14.6. The number of carbonyl (C=O) groups excluding carboxylic acids is 1. The van der Waals surface area contributed by atoms with E-state index in [4.69, 9.17) is 5.73 Å². The van der Waals surface area contributed by atoms with Crippen LogP contribution in [-0.4, -0.2) is 42.3 Å². The summed E-state index contributed by atoms with van der Waals surface area (Å²) >= 11 is 0. The predicted molar refractivity (Wildman–Crippen MR) is 107 cm³/mol. The quantitative estimate of drug-likeness (QED) is 0.759. The van der Waals surface area contributed by atoms with Crippen LogP contribution in [0, 0.1) is 0 Å². The molecule has 1 heterocycles. The number of hydrogen-bond acceptors (Lipinski definition) is 4. The molecular weight excluding hydrogens is 407 g/mol. The van der Waals surface area contributed by atoms with Crippen molar-refractivity contribution in [3.63, 3.8) is 0 Å². The molecule has 1 aliphatic rings. The van der Waals surface area contributed by atoms with E-state index >= 15 is 0 Å². The molecule has 0 aromatic heterocycles. The molecule has 3 rings (SSSR count). The number of nitrogens with one attached hydrogen (secondary N) is 1. The molecule has 9 heteroatoms. The van der Waals surface area contributed by atoms with Crippen LogP contribution in [0.15, 0.2) is 54.6 Å². The minimum Gasteiger partial charge on any atom is -0.406 e. The van der Waals surface area contributed by atoms with Gasteiger partial charge in [-0.3, -0.25) is 9.69 Å². The summed E-state index contributed by atoms with van der Waals surface area (Å²) in [5.74, 6) is -0.435. The molecule has 1 aliphatic heterocycles. The molecule has 29 heavy (non-hydrogen) atoms. The van der Waals surface area contributed by atoms with Crippen LogP contribution in [0.3, 0.4) is 0 Å². The van der Waals surface area contributed by atoms with Gasteiger partial charge in [-0.05, 0) is 36.8 Å². The largest absolute Gasteiger partial charge is 0.573 e. The number of ether oxygens (including phenoxy) is 1. The Hall–Kier alpha value is -2.29. The minimum atomic E-state index is -4.75. The summed E-state index contributed by atoms with van der Waals surface area (Å²) in [6.45, 7) is 3.04. The Kier molecular flexibility index (Phi) is 7.51. The van der Waals surface area contributed by atoms with Gasteiger partial charge >= 0.3 is 6.36 Å². The zero-order valence-corrected chi connectivity index (χ0v) is 16.5. The lowest BCUT2D eigenvalue weighted by Gasteiger charge is -2.23. The first-order valence-electron chi connectivity index (χ1n) is 8.94. The molecule has 1 amide bonds. The number of halogens is 4. The summed E-state index contributed by atoms with van der Waals surface area (Å²) in [5.41, 5.74) is 7.82. The maximum absolute atomic E-state index is 12.6. The lowest BCUT2D eigenvalue weighted by atomic mass is 9.95. The van der Waals surface area contributed by atoms with Gasteiger partial charge in [0, 0.05) is 30.7 Å². The van der Waals surface area contributed by atoms with Gasteiger partial charge in [0.15, 0.2) is 0 Å². The lowest BCUT2D eigenvalue weighted by molar-refractivity contribution is -0.274. The highest BCUT2D eigenvalue weighted by atomic mass is 35.5. The topological polar surface area (TPSA) is 67.6 Å². The molecule has 0 spiro atoms. The fourth-order valence-corrected chi connectivity index (χ4v) is 3.38. The van der Waals surface area contributed by atoms with Gasteiger partial charge in [-0.2, -0.15) is 0 Å². The van der Waals surface area contributed by atoms with Crippen LogP contribution in [0.5, 0.6) is 5.75 Å². The summed E-state index contributed by atoms with van der Waals surface area (Å²) in [7, 11) is 0. The van der Waals surface area contributed by atoms with Gasteiger partial charge in [-0.25, -0.2) is 0 Å². The number of benzene rings is 2. The lowest BCUT2D eigenvalue weighted by Crippen LogP contribution is -2.41. The highest BCUT2D eigenvalue weighted by Crippen LogP contribution is 2.28. The molecular formula is C20H23ClF3N3O2. The minimum absolute atomic E-state index is 0. The third kappa shape index (κ3) is 6.09. The average molecular weight is 430 g/mol. The van der Waals surface area contributed by atoms with E-state index in [9.17, 15) is 18.0 Å². The van der Waals surface area contributed by atoms with Crippen molar-refractivity contribution in [2.75, 3.05) is 18.4 Å². The molecule has 3 atom stereocenters. The first-order chi connectivity index (χ1) is 13.2. The van der Waals surface area contributed by atoms with Crippen molar-refractivity contribution in [2.24, 2.45) is 5.73 Å². The van der Waals surface area contributed by atoms with E-state index in [1.165, 1.54) is 12.1 Å². The van der Waals surface area contributed by atoms with Crippen molar-refractivity contribution in [1.82, 2.24) is 4.90 Å². The molecule has 2 aromatic rings. The first-order valence-corrected chi connectivity index (χ1v) is 8.94. The third-order valence-corrected chi connectivity index (χ3v) is 4.90. The van der Waals surface area contributed by atoms with Crippen LogP contribution in [0.2, 0.25) is 0 Å². The van der Waals surface area contributed by atoms with Gasteiger partial charge < -0.3 is 15.8 Å². The third-order valence-electron chi connectivity index (χ3n) is 4.90. The maximum Gasteiger partial charge on any atom is 0.573 e. The normalized spacial score (nSPS) is 20.6. The van der Waals surface area contributed by atoms with Gasteiger partial charge in [-0.1, -0.05) is 30.3 Å². The molecule has 1 fully saturated rings. The summed E-state index contributed by atoms with van der Waals surface area (Å²) in [6, 6.07) is 14.5. The SMILES string of the molecule is CC(C(=O)Nc1ccc(OC(F)(F)F)cc1)N1C[C@@H](N)[C@H](c2ccccc2)C1.Cl. The second kappa shape index (κ2) is 9.47. The highest BCUT2D eigenvalue weighted by molar-refractivity contribution is 5.94. The molecule has 3 N–H and O–H groups in total. The Morgan fingerprint density at radius 3 is 2.34 bits per heavy atom. The van der Waals surface area contributed by atoms with Crippen molar-refractivity contribution >= 4 is 24.0 Å². The smallest absolute Gasteiger partial charge is 0.406 e. The number of anilines is 1. The van der Waals surface area contributed by atoms with E-state index in [2.05, 4.69) is 10.1 Å². The number of carbonyl (C=O) groups is 1. The summed E-state index contributed by atoms with van der Waals surface area (Å²) in [6.07, 6.45) is -4.75. The zero-order chi connectivity index (χ0) is 20.3. The van der Waals surface area contributed by atoms with Crippen molar-refractivity contribution < 1.29 is 22.7 Å². The van der Waals surface area contributed by atoms with Crippen LogP contribution in [-0.2, 0) is 4.79 Å². The van der Waals surface area contributed by atoms with Gasteiger partial charge in [0.25, 0.3) is 0 Å². The van der Waals surface area contributed by atoms with Crippen LogP contribution < -0.4 is 15.8 Å². The summed E-state index contributed by atoms with van der Waals surface area (Å²) in [5, 5.41) is 2.72. The number of nitrogens with two attached hydrogens (primary N) is 1. The number of hydrogen-bond donors (Lipinski definition) is 2. The predicted octanol–water partition coefficient (Wildman–Crippen LogP) is 3.76. The molecule has 0 aliphatic carbocycles. The number of rotatable bonds is 5. The molecule has 158 valence electrons.